The van der Waals surface area contributed by atoms with Crippen LogP contribution >= 0.6 is 11.3 Å². The number of carbonyl (C=O) groups excluding carboxylic acids is 2. The molecule has 0 radical (unpaired) electrons. The minimum atomic E-state index is -0.275. The highest BCUT2D eigenvalue weighted by Crippen LogP contribution is 2.44. The molecule has 0 saturated heterocycles. The first kappa shape index (κ1) is 12.0. The molecule has 0 bridgehead atoms. The van der Waals surface area contributed by atoms with Crippen molar-refractivity contribution in [1.29, 1.82) is 0 Å². The normalized spacial score (nSPS) is 13.3. The number of urea groups is 1. The molecule has 1 N–H and O–H groups in total. The first-order chi connectivity index (χ1) is 10.3. The van der Waals surface area contributed by atoms with Gasteiger partial charge in [0.1, 0.15) is 4.83 Å². The Bertz CT molecular complexity index is 873. The molecule has 6 heteroatoms. The summed E-state index contributed by atoms with van der Waals surface area (Å²) in [5.74, 6) is 0. The number of aromatic nitrogens is 1. The number of nitrogens with zero attached hydrogens (tertiary/aromatic N) is 2. The van der Waals surface area contributed by atoms with Crippen molar-refractivity contribution in [1.82, 2.24) is 4.98 Å². The van der Waals surface area contributed by atoms with Gasteiger partial charge in [-0.3, -0.25) is 9.69 Å². The van der Waals surface area contributed by atoms with E-state index >= 15 is 0 Å². The molecule has 3 aromatic rings. The number of carbonyl (C=O) groups is 2. The molecule has 0 atom stereocenters. The molecule has 0 saturated carbocycles. The summed E-state index contributed by atoms with van der Waals surface area (Å²) in [6, 6.07) is 10.9. The van der Waals surface area contributed by atoms with Gasteiger partial charge in [0.15, 0.2) is 6.29 Å². The third kappa shape index (κ3) is 1.66. The highest BCUT2D eigenvalue weighted by molar-refractivity contribution is 7.21. The first-order valence-corrected chi connectivity index (χ1v) is 7.14. The van der Waals surface area contributed by atoms with Crippen LogP contribution in [0.4, 0.5) is 21.9 Å². The lowest BCUT2D eigenvalue weighted by atomic mass is 10.1. The lowest BCUT2D eigenvalue weighted by Crippen LogP contribution is -2.33. The van der Waals surface area contributed by atoms with Crippen molar-refractivity contribution in [3.8, 4) is 0 Å². The van der Waals surface area contributed by atoms with Crippen LogP contribution in [0.1, 0.15) is 9.67 Å². The second-order valence-corrected chi connectivity index (χ2v) is 5.60. The average Bonchev–Trinajstić information content (AvgIpc) is 2.87. The van der Waals surface area contributed by atoms with Gasteiger partial charge in [0.05, 0.1) is 27.3 Å². The Hall–Kier alpha value is -2.73. The maximum Gasteiger partial charge on any atom is 0.331 e. The van der Waals surface area contributed by atoms with Gasteiger partial charge in [0.25, 0.3) is 0 Å². The van der Waals surface area contributed by atoms with Crippen LogP contribution in [0.2, 0.25) is 0 Å². The third-order valence-electron chi connectivity index (χ3n) is 3.39. The van der Waals surface area contributed by atoms with E-state index in [9.17, 15) is 9.59 Å². The molecular weight excluding hydrogens is 286 g/mol. The van der Waals surface area contributed by atoms with Gasteiger partial charge in [-0.1, -0.05) is 18.2 Å². The zero-order chi connectivity index (χ0) is 14.4. The number of rotatable bonds is 2. The predicted octanol–water partition coefficient (Wildman–Crippen LogP) is 3.79. The molecule has 2 amide bonds. The van der Waals surface area contributed by atoms with E-state index in [1.165, 1.54) is 11.3 Å². The number of hydrogen-bond acceptors (Lipinski definition) is 4. The lowest BCUT2D eigenvalue weighted by molar-refractivity contribution is 0.112. The second-order valence-electron chi connectivity index (χ2n) is 4.57. The summed E-state index contributed by atoms with van der Waals surface area (Å²) in [5.41, 5.74) is 2.08. The van der Waals surface area contributed by atoms with Gasteiger partial charge < -0.3 is 5.32 Å². The van der Waals surface area contributed by atoms with Crippen molar-refractivity contribution in [2.24, 2.45) is 0 Å². The Balaban J connectivity index is 2.03. The quantitative estimate of drug-likeness (QED) is 0.732. The van der Waals surface area contributed by atoms with Crippen LogP contribution in [0, 0.1) is 0 Å². The molecule has 2 aromatic heterocycles. The average molecular weight is 295 g/mol. The van der Waals surface area contributed by atoms with E-state index in [-0.39, 0.29) is 6.03 Å². The van der Waals surface area contributed by atoms with E-state index in [4.69, 9.17) is 0 Å². The third-order valence-corrected chi connectivity index (χ3v) is 4.42. The molecular formula is C15H9N3O2S. The van der Waals surface area contributed by atoms with Crippen molar-refractivity contribution in [2.45, 2.75) is 0 Å². The fraction of sp³-hybridized carbons (Fsp3) is 0. The minimum absolute atomic E-state index is 0.275. The van der Waals surface area contributed by atoms with Crippen LogP contribution in [0.25, 0.3) is 10.2 Å². The van der Waals surface area contributed by atoms with E-state index < -0.39 is 0 Å². The predicted molar refractivity (Wildman–Crippen MR) is 82.6 cm³/mol. The van der Waals surface area contributed by atoms with Crippen LogP contribution < -0.4 is 10.2 Å². The number of benzene rings is 1. The van der Waals surface area contributed by atoms with Crippen LogP contribution in [-0.2, 0) is 0 Å². The summed E-state index contributed by atoms with van der Waals surface area (Å²) in [6.07, 6.45) is 2.41. The monoisotopic (exact) mass is 295 g/mol. The Morgan fingerprint density at radius 3 is 2.76 bits per heavy atom. The van der Waals surface area contributed by atoms with E-state index in [1.807, 2.05) is 30.3 Å². The molecule has 0 aliphatic carbocycles. The number of hydrogen-bond donors (Lipinski definition) is 1. The van der Waals surface area contributed by atoms with E-state index in [2.05, 4.69) is 10.3 Å². The molecule has 1 aliphatic heterocycles. The summed E-state index contributed by atoms with van der Waals surface area (Å²) < 4.78 is 0. The Labute approximate surface area is 123 Å². The number of anilines is 3. The Kier molecular flexibility index (Phi) is 2.52. The molecule has 4 rings (SSSR count). The van der Waals surface area contributed by atoms with Crippen LogP contribution in [0.5, 0.6) is 0 Å². The number of pyridine rings is 1. The summed E-state index contributed by atoms with van der Waals surface area (Å²) in [6.45, 7) is 0. The number of nitrogens with one attached hydrogen (secondary N) is 1. The maximum atomic E-state index is 12.4. The van der Waals surface area contributed by atoms with E-state index in [0.717, 1.165) is 27.9 Å². The standard InChI is InChI=1S/C15H9N3O2S/c19-8-11-13-12-10(6-7-16-14(12)21-11)18(15(20)17-13)9-4-2-1-3-5-9/h1-8H,(H,17,20). The van der Waals surface area contributed by atoms with Gasteiger partial charge in [0.2, 0.25) is 0 Å². The Morgan fingerprint density at radius 2 is 2.00 bits per heavy atom. The van der Waals surface area contributed by atoms with Gasteiger partial charge in [-0.05, 0) is 18.2 Å². The van der Waals surface area contributed by atoms with E-state index in [0.29, 0.717) is 10.6 Å². The molecule has 1 aliphatic rings. The highest BCUT2D eigenvalue weighted by atomic mass is 32.1. The first-order valence-electron chi connectivity index (χ1n) is 6.32. The maximum absolute atomic E-state index is 12.4. The van der Waals surface area contributed by atoms with Crippen molar-refractivity contribution >= 4 is 50.9 Å². The van der Waals surface area contributed by atoms with Crippen molar-refractivity contribution < 1.29 is 9.59 Å². The van der Waals surface area contributed by atoms with Crippen LogP contribution in [0.3, 0.4) is 0 Å². The number of thiophene rings is 1. The zero-order valence-electron chi connectivity index (χ0n) is 10.7. The van der Waals surface area contributed by atoms with Gasteiger partial charge in [-0.2, -0.15) is 0 Å². The smallest absolute Gasteiger partial charge is 0.305 e. The molecule has 1 aromatic carbocycles. The zero-order valence-corrected chi connectivity index (χ0v) is 11.6. The van der Waals surface area contributed by atoms with E-state index in [1.54, 1.807) is 17.2 Å². The largest absolute Gasteiger partial charge is 0.331 e. The van der Waals surface area contributed by atoms with Crippen molar-refractivity contribution in [3.63, 3.8) is 0 Å². The van der Waals surface area contributed by atoms with Crippen molar-refractivity contribution in [3.05, 3.63) is 47.5 Å². The van der Waals surface area contributed by atoms with Gasteiger partial charge in [0, 0.05) is 6.20 Å². The molecule has 0 unspecified atom stereocenters. The lowest BCUT2D eigenvalue weighted by Gasteiger charge is -2.28. The topological polar surface area (TPSA) is 62.3 Å². The molecule has 102 valence electrons. The Morgan fingerprint density at radius 1 is 1.19 bits per heavy atom. The molecule has 0 spiro atoms. The molecule has 0 fully saturated rings. The highest BCUT2D eigenvalue weighted by Gasteiger charge is 2.30. The summed E-state index contributed by atoms with van der Waals surface area (Å²) >= 11 is 1.28. The molecule has 5 nitrogen and oxygen atoms in total. The minimum Gasteiger partial charge on any atom is -0.305 e. The van der Waals surface area contributed by atoms with Gasteiger partial charge in [-0.15, -0.1) is 11.3 Å². The van der Waals surface area contributed by atoms with Crippen LogP contribution in [0.15, 0.2) is 42.6 Å². The SMILES string of the molecule is O=Cc1sc2nccc3c2c1NC(=O)N3c1ccccc1. The fourth-order valence-electron chi connectivity index (χ4n) is 2.52. The van der Waals surface area contributed by atoms with Crippen LogP contribution in [-0.4, -0.2) is 17.3 Å². The number of aldehydes is 1. The van der Waals surface area contributed by atoms with Gasteiger partial charge in [-0.25, -0.2) is 9.78 Å². The summed E-state index contributed by atoms with van der Waals surface area (Å²) in [7, 11) is 0. The molecule has 21 heavy (non-hydrogen) atoms. The summed E-state index contributed by atoms with van der Waals surface area (Å²) in [5, 5.41) is 3.61. The molecule has 3 heterocycles. The fourth-order valence-corrected chi connectivity index (χ4v) is 3.46. The number of amides is 2. The number of para-hydroxylation sites is 1. The summed E-state index contributed by atoms with van der Waals surface area (Å²) in [4.78, 5) is 30.7. The van der Waals surface area contributed by atoms with Crippen molar-refractivity contribution in [2.75, 3.05) is 10.2 Å². The van der Waals surface area contributed by atoms with Gasteiger partial charge >= 0.3 is 6.03 Å². The second kappa shape index (κ2) is 4.39.